The van der Waals surface area contributed by atoms with Crippen LogP contribution in [0.15, 0.2) is 29.3 Å². The molecule has 0 aliphatic carbocycles. The van der Waals surface area contributed by atoms with E-state index >= 15 is 0 Å². The zero-order valence-corrected chi connectivity index (χ0v) is 14.6. The zero-order valence-electron chi connectivity index (χ0n) is 13.8. The van der Waals surface area contributed by atoms with E-state index in [4.69, 9.17) is 17.3 Å². The zero-order chi connectivity index (χ0) is 16.5. The fourth-order valence-corrected chi connectivity index (χ4v) is 3.09. The smallest absolute Gasteiger partial charge is 0.248 e. The van der Waals surface area contributed by atoms with Gasteiger partial charge in [-0.2, -0.15) is 0 Å². The van der Waals surface area contributed by atoms with Crippen LogP contribution < -0.4 is 11.1 Å². The highest BCUT2D eigenvalue weighted by molar-refractivity contribution is 6.22. The highest BCUT2D eigenvalue weighted by Gasteiger charge is 2.37. The summed E-state index contributed by atoms with van der Waals surface area (Å²) in [5, 5.41) is 3.56. The van der Waals surface area contributed by atoms with Crippen molar-refractivity contribution in [2.45, 2.75) is 57.9 Å². The third kappa shape index (κ3) is 3.46. The molecular weight excluding hydrogens is 296 g/mol. The van der Waals surface area contributed by atoms with Gasteiger partial charge in [0, 0.05) is 11.3 Å². The molecule has 0 radical (unpaired) electrons. The summed E-state index contributed by atoms with van der Waals surface area (Å²) < 4.78 is 0. The molecule has 0 saturated carbocycles. The summed E-state index contributed by atoms with van der Waals surface area (Å²) in [6.45, 7) is 8.64. The predicted octanol–water partition coefficient (Wildman–Crippen LogP) is 4.26. The lowest BCUT2D eigenvalue weighted by Gasteiger charge is -2.41. The van der Waals surface area contributed by atoms with Crippen LogP contribution in [0.2, 0.25) is 0 Å². The number of benzene rings is 1. The fourth-order valence-electron chi connectivity index (χ4n) is 2.76. The van der Waals surface area contributed by atoms with Gasteiger partial charge in [-0.25, -0.2) is 0 Å². The van der Waals surface area contributed by atoms with Gasteiger partial charge in [-0.15, -0.1) is 11.6 Å². The number of anilines is 1. The first-order valence-electron chi connectivity index (χ1n) is 7.71. The Balaban J connectivity index is 2.21. The number of amides is 1. The fraction of sp³-hybridized carbons (Fsp3) is 0.500. The summed E-state index contributed by atoms with van der Waals surface area (Å²) >= 11 is 6.65. The molecule has 1 aliphatic rings. The molecule has 2 rings (SSSR count). The number of fused-ring (bicyclic) bond motifs is 1. The van der Waals surface area contributed by atoms with E-state index in [-0.39, 0.29) is 10.9 Å². The largest absolute Gasteiger partial charge is 0.378 e. The van der Waals surface area contributed by atoms with Gasteiger partial charge in [0.15, 0.2) is 0 Å². The Morgan fingerprint density at radius 3 is 2.68 bits per heavy atom. The molecule has 1 unspecified atom stereocenters. The second kappa shape index (κ2) is 6.33. The van der Waals surface area contributed by atoms with Crippen molar-refractivity contribution in [2.24, 2.45) is 5.73 Å². The number of primary amides is 1. The first kappa shape index (κ1) is 16.9. The van der Waals surface area contributed by atoms with Gasteiger partial charge >= 0.3 is 0 Å². The van der Waals surface area contributed by atoms with Gasteiger partial charge in [-0.05, 0) is 70.7 Å². The molecule has 1 aliphatic heterocycles. The Morgan fingerprint density at radius 2 is 2.09 bits per heavy atom. The van der Waals surface area contributed by atoms with E-state index in [0.29, 0.717) is 5.56 Å². The average Bonchev–Trinajstić information content (AvgIpc) is 2.45. The number of carbonyl (C=O) groups excluding carboxylic acids is 1. The van der Waals surface area contributed by atoms with Crippen LogP contribution in [-0.4, -0.2) is 16.8 Å². The Labute approximate surface area is 137 Å². The number of halogens is 1. The molecule has 0 spiro atoms. The van der Waals surface area contributed by atoms with E-state index in [1.165, 1.54) is 11.1 Å². The van der Waals surface area contributed by atoms with Crippen molar-refractivity contribution in [1.29, 1.82) is 0 Å². The van der Waals surface area contributed by atoms with Crippen LogP contribution >= 0.6 is 11.6 Å². The van der Waals surface area contributed by atoms with Crippen molar-refractivity contribution in [1.82, 2.24) is 0 Å². The number of alkyl halides is 1. The minimum absolute atomic E-state index is 0.0203. The molecule has 0 saturated heterocycles. The van der Waals surface area contributed by atoms with Crippen LogP contribution in [0.3, 0.4) is 0 Å². The highest BCUT2D eigenvalue weighted by atomic mass is 35.5. The van der Waals surface area contributed by atoms with Crippen LogP contribution in [-0.2, 0) is 6.42 Å². The average molecular weight is 321 g/mol. The molecule has 22 heavy (non-hydrogen) atoms. The van der Waals surface area contributed by atoms with Gasteiger partial charge in [0.25, 0.3) is 0 Å². The molecule has 120 valence electrons. The predicted molar refractivity (Wildman–Crippen MR) is 93.6 cm³/mol. The van der Waals surface area contributed by atoms with Gasteiger partial charge in [-0.3, -0.25) is 4.79 Å². The van der Waals surface area contributed by atoms with E-state index < -0.39 is 5.91 Å². The number of rotatable bonds is 4. The Kier molecular flexibility index (Phi) is 4.86. The number of hydrogen-bond donors (Lipinski definition) is 2. The van der Waals surface area contributed by atoms with Crippen LogP contribution in [0, 0.1) is 0 Å². The summed E-state index contributed by atoms with van der Waals surface area (Å²) in [5.74, 6) is -0.401. The van der Waals surface area contributed by atoms with Gasteiger partial charge in [0.05, 0.1) is 10.9 Å². The lowest BCUT2D eigenvalue weighted by atomic mass is 9.82. The van der Waals surface area contributed by atoms with Crippen molar-refractivity contribution >= 4 is 23.2 Å². The number of allylic oxidation sites excluding steroid dienone is 2. The highest BCUT2D eigenvalue weighted by Crippen LogP contribution is 2.37. The molecule has 3 N–H and O–H groups in total. The quantitative estimate of drug-likeness (QED) is 0.643. The minimum atomic E-state index is -0.401. The molecule has 2 atom stereocenters. The molecule has 1 heterocycles. The maximum atomic E-state index is 11.3. The first-order chi connectivity index (χ1) is 10.2. The molecule has 4 heteroatoms. The Hall–Kier alpha value is -1.48. The number of nitrogens with two attached hydrogens (primary N) is 1. The maximum absolute atomic E-state index is 11.3. The van der Waals surface area contributed by atoms with Crippen molar-refractivity contribution < 1.29 is 4.79 Å². The molecule has 1 aromatic rings. The van der Waals surface area contributed by atoms with Crippen LogP contribution in [0.25, 0.3) is 0 Å². The summed E-state index contributed by atoms with van der Waals surface area (Å²) in [4.78, 5) is 11.3. The van der Waals surface area contributed by atoms with Gasteiger partial charge in [0.1, 0.15) is 0 Å². The lowest BCUT2D eigenvalue weighted by molar-refractivity contribution is 0.1000. The summed E-state index contributed by atoms with van der Waals surface area (Å²) in [7, 11) is 0. The summed E-state index contributed by atoms with van der Waals surface area (Å²) in [6.07, 6.45) is 2.76. The normalized spacial score (nSPS) is 23.4. The van der Waals surface area contributed by atoms with Crippen LogP contribution in [0.1, 0.15) is 56.5 Å². The molecule has 0 fully saturated rings. The monoisotopic (exact) mass is 320 g/mol. The van der Waals surface area contributed by atoms with Gasteiger partial charge in [0.2, 0.25) is 5.91 Å². The number of nitrogens with one attached hydrogen (secondary N) is 1. The van der Waals surface area contributed by atoms with E-state index in [0.717, 1.165) is 30.5 Å². The SMILES string of the molecule is CC(C)=C(C)CC[C@]1(C)Nc2ccc(C(N)=O)cc2CC1Cl. The number of hydrogen-bond acceptors (Lipinski definition) is 2. The van der Waals surface area contributed by atoms with E-state index in [1.807, 2.05) is 12.1 Å². The number of carbonyl (C=O) groups is 1. The van der Waals surface area contributed by atoms with Gasteiger partial charge in [-0.1, -0.05) is 11.1 Å². The lowest BCUT2D eigenvalue weighted by Crippen LogP contribution is -2.48. The molecule has 3 nitrogen and oxygen atoms in total. The maximum Gasteiger partial charge on any atom is 0.248 e. The van der Waals surface area contributed by atoms with E-state index in [9.17, 15) is 4.79 Å². The van der Waals surface area contributed by atoms with Gasteiger partial charge < -0.3 is 11.1 Å². The molecule has 1 amide bonds. The molecule has 0 aromatic heterocycles. The molecule has 1 aromatic carbocycles. The van der Waals surface area contributed by atoms with Crippen molar-refractivity contribution in [3.8, 4) is 0 Å². The van der Waals surface area contributed by atoms with Crippen molar-refractivity contribution in [2.75, 3.05) is 5.32 Å². The third-order valence-corrected chi connectivity index (χ3v) is 5.41. The first-order valence-corrected chi connectivity index (χ1v) is 8.14. The minimum Gasteiger partial charge on any atom is -0.378 e. The van der Waals surface area contributed by atoms with Crippen molar-refractivity contribution in [3.63, 3.8) is 0 Å². The van der Waals surface area contributed by atoms with E-state index in [1.54, 1.807) is 6.07 Å². The Bertz CT molecular complexity index is 620. The second-order valence-electron chi connectivity index (χ2n) is 6.73. The van der Waals surface area contributed by atoms with Crippen molar-refractivity contribution in [3.05, 3.63) is 40.5 Å². The summed E-state index contributed by atoms with van der Waals surface area (Å²) in [6, 6.07) is 5.55. The molecular formula is C18H25ClN2O. The standard InChI is InChI=1S/C18H25ClN2O/c1-11(2)12(3)7-8-18(4)16(19)10-14-9-13(17(20)22)5-6-15(14)21-18/h5-6,9,16,21H,7-8,10H2,1-4H3,(H2,20,22)/t16?,18-/m0/s1. The van der Waals surface area contributed by atoms with Crippen LogP contribution in [0.4, 0.5) is 5.69 Å². The summed E-state index contributed by atoms with van der Waals surface area (Å²) in [5.41, 5.74) is 10.6. The topological polar surface area (TPSA) is 55.1 Å². The van der Waals surface area contributed by atoms with Crippen LogP contribution in [0.5, 0.6) is 0 Å². The van der Waals surface area contributed by atoms with E-state index in [2.05, 4.69) is 33.0 Å². The molecule has 0 bridgehead atoms. The third-order valence-electron chi connectivity index (χ3n) is 4.77. The second-order valence-corrected chi connectivity index (χ2v) is 7.26. The Morgan fingerprint density at radius 1 is 1.41 bits per heavy atom.